The first-order valence-electron chi connectivity index (χ1n) is 8.48. The Balaban J connectivity index is 0.00000196. The largest absolute Gasteiger partial charge is 0.0622 e. The molecule has 123 valence electrons. The highest BCUT2D eigenvalue weighted by molar-refractivity contribution is 7.56. The molecule has 26 heavy (non-hydrogen) atoms. The molecule has 4 aromatic rings. The van der Waals surface area contributed by atoms with Gasteiger partial charge in [0.05, 0.1) is 0 Å². The summed E-state index contributed by atoms with van der Waals surface area (Å²) in [5, 5.41) is 2.77. The van der Waals surface area contributed by atoms with Gasteiger partial charge >= 0.3 is 0 Å². The third-order valence-electron chi connectivity index (χ3n) is 4.29. The van der Waals surface area contributed by atoms with Crippen molar-refractivity contribution in [2.24, 2.45) is 0 Å². The zero-order chi connectivity index (χ0) is 16.9. The fraction of sp³-hybridized carbons (Fsp3) is 0. The molecule has 0 N–H and O–H groups in total. The van der Waals surface area contributed by atoms with E-state index in [1.807, 2.05) is 0 Å². The Morgan fingerprint density at radius 3 is 1.15 bits per heavy atom. The topological polar surface area (TPSA) is 0 Å². The lowest BCUT2D eigenvalue weighted by Crippen LogP contribution is -2.08. The highest BCUT2D eigenvalue weighted by Crippen LogP contribution is 2.27. The first kappa shape index (κ1) is 18.2. The molecular weight excluding hydrogens is 330 g/mol. The smallest absolute Gasteiger partial charge is 0 e. The van der Waals surface area contributed by atoms with Crippen LogP contribution in [0.5, 0.6) is 0 Å². The maximum absolute atomic E-state index is 2.25. The summed E-state index contributed by atoms with van der Waals surface area (Å²) in [4.78, 5) is 0. The summed E-state index contributed by atoms with van der Waals surface area (Å²) in [7, 11) is 0.625. The second-order valence-electron chi connectivity index (χ2n) is 5.95. The predicted octanol–water partition coefficient (Wildman–Crippen LogP) is 5.27. The van der Waals surface area contributed by atoms with Crippen molar-refractivity contribution >= 4 is 27.6 Å². The lowest BCUT2D eigenvalue weighted by Gasteiger charge is -2.13. The minimum atomic E-state index is 0. The summed E-state index contributed by atoms with van der Waals surface area (Å²) in [5.41, 5.74) is 5.21. The second-order valence-corrected chi connectivity index (χ2v) is 7.28. The molecule has 0 spiro atoms. The third-order valence-corrected chi connectivity index (χ3v) is 5.70. The Hall–Kier alpha value is -2.63. The maximum atomic E-state index is 2.25. The third kappa shape index (κ3) is 3.95. The van der Waals surface area contributed by atoms with E-state index in [9.17, 15) is 0 Å². The molecular formula is C24H19BP. The molecule has 0 fully saturated rings. The highest BCUT2D eigenvalue weighted by atomic mass is 31.1. The van der Waals surface area contributed by atoms with Gasteiger partial charge in [0, 0.05) is 8.41 Å². The van der Waals surface area contributed by atoms with Gasteiger partial charge in [0.1, 0.15) is 0 Å². The molecule has 2 heteroatoms. The molecule has 0 aliphatic rings. The van der Waals surface area contributed by atoms with Crippen LogP contribution in [0, 0.1) is 0 Å². The monoisotopic (exact) mass is 349 g/mol. The van der Waals surface area contributed by atoms with Crippen LogP contribution in [0.15, 0.2) is 109 Å². The summed E-state index contributed by atoms with van der Waals surface area (Å²) < 4.78 is 0. The van der Waals surface area contributed by atoms with E-state index in [4.69, 9.17) is 0 Å². The molecule has 0 aliphatic carbocycles. The molecule has 0 aliphatic heterocycles. The Labute approximate surface area is 159 Å². The summed E-state index contributed by atoms with van der Waals surface area (Å²) in [6.45, 7) is 0. The molecule has 0 nitrogen and oxygen atoms in total. The van der Waals surface area contributed by atoms with Crippen LogP contribution < -0.4 is 10.6 Å². The van der Waals surface area contributed by atoms with E-state index in [-0.39, 0.29) is 8.41 Å². The van der Waals surface area contributed by atoms with E-state index in [1.54, 1.807) is 0 Å². The lowest BCUT2D eigenvalue weighted by molar-refractivity contribution is 1.64. The van der Waals surface area contributed by atoms with Crippen LogP contribution in [0.1, 0.15) is 0 Å². The predicted molar refractivity (Wildman–Crippen MR) is 117 cm³/mol. The first-order chi connectivity index (χ1) is 12.4. The average Bonchev–Trinajstić information content (AvgIpc) is 2.70. The van der Waals surface area contributed by atoms with E-state index in [2.05, 4.69) is 109 Å². The van der Waals surface area contributed by atoms with Crippen molar-refractivity contribution in [1.29, 1.82) is 0 Å². The normalized spacial score (nSPS) is 10.2. The Morgan fingerprint density at radius 1 is 0.385 bits per heavy atom. The van der Waals surface area contributed by atoms with Gasteiger partial charge in [0.2, 0.25) is 0 Å². The minimum Gasteiger partial charge on any atom is -0.0622 e. The van der Waals surface area contributed by atoms with Crippen molar-refractivity contribution in [3.8, 4) is 22.3 Å². The maximum Gasteiger partial charge on any atom is 0 e. The van der Waals surface area contributed by atoms with E-state index in [1.165, 1.54) is 32.9 Å². The van der Waals surface area contributed by atoms with Gasteiger partial charge < -0.3 is 0 Å². The van der Waals surface area contributed by atoms with Gasteiger partial charge in [0.25, 0.3) is 0 Å². The number of benzene rings is 4. The zero-order valence-electron chi connectivity index (χ0n) is 14.5. The molecule has 0 saturated heterocycles. The van der Waals surface area contributed by atoms with Gasteiger partial charge in [-0.2, -0.15) is 0 Å². The fourth-order valence-corrected chi connectivity index (χ4v) is 4.44. The minimum absolute atomic E-state index is 0. The molecule has 4 aromatic carbocycles. The summed E-state index contributed by atoms with van der Waals surface area (Å²) >= 11 is 0. The summed E-state index contributed by atoms with van der Waals surface area (Å²) in [6.07, 6.45) is 0. The van der Waals surface area contributed by atoms with Crippen LogP contribution in [-0.2, 0) is 0 Å². The van der Waals surface area contributed by atoms with Crippen molar-refractivity contribution in [3.63, 3.8) is 0 Å². The van der Waals surface area contributed by atoms with Gasteiger partial charge in [-0.1, -0.05) is 118 Å². The van der Waals surface area contributed by atoms with Crippen molar-refractivity contribution in [2.45, 2.75) is 0 Å². The van der Waals surface area contributed by atoms with Crippen LogP contribution in [0.3, 0.4) is 0 Å². The Kier molecular flexibility index (Phi) is 6.05. The molecule has 3 radical (unpaired) electrons. The molecule has 0 aromatic heterocycles. The van der Waals surface area contributed by atoms with Crippen LogP contribution in [-0.4, -0.2) is 8.41 Å². The van der Waals surface area contributed by atoms with E-state index < -0.39 is 0 Å². The Morgan fingerprint density at radius 2 is 0.731 bits per heavy atom. The first-order valence-corrected chi connectivity index (χ1v) is 9.48. The van der Waals surface area contributed by atoms with E-state index >= 15 is 0 Å². The number of hydrogen-bond acceptors (Lipinski definition) is 0. The second kappa shape index (κ2) is 8.65. The lowest BCUT2D eigenvalue weighted by atomic mass is 10.1. The highest BCUT2D eigenvalue weighted by Gasteiger charge is 2.09. The van der Waals surface area contributed by atoms with Gasteiger partial charge in [-0.05, 0) is 32.9 Å². The molecule has 0 saturated carbocycles. The molecule has 0 heterocycles. The van der Waals surface area contributed by atoms with Gasteiger partial charge in [-0.3, -0.25) is 0 Å². The SMILES string of the molecule is [B].c1ccc(-c2ccccc2Pc2ccccc2-c2ccccc2)cc1. The van der Waals surface area contributed by atoms with E-state index in [0.29, 0.717) is 8.58 Å². The van der Waals surface area contributed by atoms with Crippen molar-refractivity contribution in [1.82, 2.24) is 0 Å². The quantitative estimate of drug-likeness (QED) is 0.348. The summed E-state index contributed by atoms with van der Waals surface area (Å²) in [6, 6.07) is 38.8. The summed E-state index contributed by atoms with van der Waals surface area (Å²) in [5.74, 6) is 0. The van der Waals surface area contributed by atoms with E-state index in [0.717, 1.165) is 0 Å². The molecule has 0 unspecified atom stereocenters. The van der Waals surface area contributed by atoms with Gasteiger partial charge in [-0.25, -0.2) is 0 Å². The molecule has 0 atom stereocenters. The number of rotatable bonds is 4. The van der Waals surface area contributed by atoms with Crippen LogP contribution in [0.25, 0.3) is 22.3 Å². The average molecular weight is 349 g/mol. The fourth-order valence-electron chi connectivity index (χ4n) is 3.07. The Bertz CT molecular complexity index is 884. The molecule has 4 rings (SSSR count). The van der Waals surface area contributed by atoms with Crippen molar-refractivity contribution in [2.75, 3.05) is 0 Å². The standard InChI is InChI=1S/C24H19P.B/c1-3-11-19(12-4-1)21-15-7-9-17-23(21)25-24-18-10-8-16-22(24)20-13-5-2-6-14-20;/h1-18,25H;. The molecule has 0 bridgehead atoms. The zero-order valence-corrected chi connectivity index (χ0v) is 15.5. The van der Waals surface area contributed by atoms with Crippen LogP contribution in [0.4, 0.5) is 0 Å². The van der Waals surface area contributed by atoms with Crippen molar-refractivity contribution in [3.05, 3.63) is 109 Å². The van der Waals surface area contributed by atoms with Gasteiger partial charge in [-0.15, -0.1) is 0 Å². The van der Waals surface area contributed by atoms with Crippen molar-refractivity contribution < 1.29 is 0 Å². The van der Waals surface area contributed by atoms with Crippen LogP contribution in [0.2, 0.25) is 0 Å². The number of hydrogen-bond donors (Lipinski definition) is 0. The molecule has 0 amide bonds. The van der Waals surface area contributed by atoms with Crippen LogP contribution >= 0.6 is 8.58 Å². The van der Waals surface area contributed by atoms with Gasteiger partial charge in [0.15, 0.2) is 0 Å².